The van der Waals surface area contributed by atoms with Gasteiger partial charge >= 0.3 is 5.97 Å². The van der Waals surface area contributed by atoms with Crippen LogP contribution >= 0.6 is 0 Å². The molecule has 1 aromatic carbocycles. The number of benzene rings is 1. The molecule has 100 valence electrons. The van der Waals surface area contributed by atoms with Gasteiger partial charge in [-0.1, -0.05) is 25.5 Å². The predicted octanol–water partition coefficient (Wildman–Crippen LogP) is 1.74. The van der Waals surface area contributed by atoms with Gasteiger partial charge in [-0.2, -0.15) is 0 Å². The van der Waals surface area contributed by atoms with E-state index in [0.717, 1.165) is 12.8 Å². The van der Waals surface area contributed by atoms with Crippen LogP contribution in [0.4, 0.5) is 0 Å². The summed E-state index contributed by atoms with van der Waals surface area (Å²) in [6.07, 6.45) is 3.02. The Balaban J connectivity index is 2.22. The SMILES string of the molecule is CCCCOC(=O)Cn1c(=O)cnc2ccccc21. The number of esters is 1. The fourth-order valence-electron chi connectivity index (χ4n) is 1.78. The van der Waals surface area contributed by atoms with E-state index >= 15 is 0 Å². The van der Waals surface area contributed by atoms with Gasteiger partial charge < -0.3 is 4.74 Å². The highest BCUT2D eigenvalue weighted by Crippen LogP contribution is 2.08. The zero-order chi connectivity index (χ0) is 13.7. The quantitative estimate of drug-likeness (QED) is 0.607. The van der Waals surface area contributed by atoms with Gasteiger partial charge in [0, 0.05) is 0 Å². The number of hydrogen-bond donors (Lipinski definition) is 0. The highest BCUT2D eigenvalue weighted by molar-refractivity contribution is 5.77. The van der Waals surface area contributed by atoms with Crippen LogP contribution in [-0.4, -0.2) is 22.1 Å². The van der Waals surface area contributed by atoms with Gasteiger partial charge in [-0.3, -0.25) is 14.2 Å². The van der Waals surface area contributed by atoms with Gasteiger partial charge in [0.2, 0.25) is 0 Å². The minimum Gasteiger partial charge on any atom is -0.464 e. The van der Waals surface area contributed by atoms with Crippen molar-refractivity contribution < 1.29 is 9.53 Å². The van der Waals surface area contributed by atoms with Crippen LogP contribution in [0.25, 0.3) is 11.0 Å². The number of fused-ring (bicyclic) bond motifs is 1. The Bertz CT molecular complexity index is 634. The third-order valence-electron chi connectivity index (χ3n) is 2.80. The highest BCUT2D eigenvalue weighted by Gasteiger charge is 2.09. The normalized spacial score (nSPS) is 10.6. The zero-order valence-corrected chi connectivity index (χ0v) is 10.8. The van der Waals surface area contributed by atoms with E-state index in [1.807, 2.05) is 19.1 Å². The largest absolute Gasteiger partial charge is 0.464 e. The number of unbranched alkanes of at least 4 members (excludes halogenated alkanes) is 1. The summed E-state index contributed by atoms with van der Waals surface area (Å²) in [5.74, 6) is -0.396. The summed E-state index contributed by atoms with van der Waals surface area (Å²) >= 11 is 0. The van der Waals surface area contributed by atoms with Crippen molar-refractivity contribution in [2.75, 3.05) is 6.61 Å². The molecule has 0 saturated heterocycles. The van der Waals surface area contributed by atoms with Gasteiger partial charge in [0.05, 0.1) is 23.8 Å². The Morgan fingerprint density at radius 1 is 1.37 bits per heavy atom. The van der Waals surface area contributed by atoms with Crippen LogP contribution in [0.2, 0.25) is 0 Å². The second-order valence-corrected chi connectivity index (χ2v) is 4.25. The number of para-hydroxylation sites is 2. The zero-order valence-electron chi connectivity index (χ0n) is 10.8. The molecule has 0 unspecified atom stereocenters. The molecule has 0 bridgehead atoms. The van der Waals surface area contributed by atoms with Crippen LogP contribution in [0, 0.1) is 0 Å². The summed E-state index contributed by atoms with van der Waals surface area (Å²) in [4.78, 5) is 27.5. The monoisotopic (exact) mass is 260 g/mol. The second kappa shape index (κ2) is 6.13. The summed E-state index contributed by atoms with van der Waals surface area (Å²) in [6.45, 7) is 2.34. The Morgan fingerprint density at radius 2 is 2.16 bits per heavy atom. The van der Waals surface area contributed by atoms with E-state index < -0.39 is 5.97 Å². The van der Waals surface area contributed by atoms with Crippen molar-refractivity contribution in [2.45, 2.75) is 26.3 Å². The van der Waals surface area contributed by atoms with Crippen LogP contribution in [0.5, 0.6) is 0 Å². The number of nitrogens with zero attached hydrogens (tertiary/aromatic N) is 2. The number of carbonyl (C=O) groups is 1. The van der Waals surface area contributed by atoms with Crippen LogP contribution in [-0.2, 0) is 16.1 Å². The smallest absolute Gasteiger partial charge is 0.326 e. The minimum absolute atomic E-state index is 0.0778. The Kier molecular flexibility index (Phi) is 4.28. The lowest BCUT2D eigenvalue weighted by atomic mass is 10.3. The Labute approximate surface area is 110 Å². The molecule has 0 saturated carbocycles. The van der Waals surface area contributed by atoms with Gasteiger partial charge in [0.15, 0.2) is 0 Å². The van der Waals surface area contributed by atoms with E-state index in [1.54, 1.807) is 12.1 Å². The molecule has 0 radical (unpaired) electrons. The van der Waals surface area contributed by atoms with Gasteiger partial charge in [0.25, 0.3) is 5.56 Å². The maximum Gasteiger partial charge on any atom is 0.326 e. The molecule has 0 aliphatic rings. The first-order valence-electron chi connectivity index (χ1n) is 6.32. The molecule has 0 spiro atoms. The molecule has 0 N–H and O–H groups in total. The molecule has 2 rings (SSSR count). The molecule has 0 aliphatic heterocycles. The number of hydrogen-bond acceptors (Lipinski definition) is 4. The first kappa shape index (κ1) is 13.3. The third-order valence-corrected chi connectivity index (χ3v) is 2.80. The first-order chi connectivity index (χ1) is 9.22. The molecule has 0 amide bonds. The fourth-order valence-corrected chi connectivity index (χ4v) is 1.78. The number of rotatable bonds is 5. The van der Waals surface area contributed by atoms with Crippen molar-refractivity contribution >= 4 is 17.0 Å². The molecule has 1 heterocycles. The van der Waals surface area contributed by atoms with Gasteiger partial charge in [-0.05, 0) is 18.6 Å². The van der Waals surface area contributed by atoms with Crippen molar-refractivity contribution in [3.63, 3.8) is 0 Å². The van der Waals surface area contributed by atoms with Crippen LogP contribution in [0.3, 0.4) is 0 Å². The fraction of sp³-hybridized carbons (Fsp3) is 0.357. The topological polar surface area (TPSA) is 61.2 Å². The molecule has 2 aromatic rings. The average molecular weight is 260 g/mol. The standard InChI is InChI=1S/C14H16N2O3/c1-2-3-8-19-14(18)10-16-12-7-5-4-6-11(12)15-9-13(16)17/h4-7,9H,2-3,8,10H2,1H3. The molecular formula is C14H16N2O3. The maximum absolute atomic E-state index is 11.8. The lowest BCUT2D eigenvalue weighted by molar-refractivity contribution is -0.144. The van der Waals surface area contributed by atoms with Gasteiger partial charge in [-0.15, -0.1) is 0 Å². The van der Waals surface area contributed by atoms with Gasteiger partial charge in [0.1, 0.15) is 6.54 Å². The van der Waals surface area contributed by atoms with E-state index in [0.29, 0.717) is 17.6 Å². The molecule has 0 fully saturated rings. The van der Waals surface area contributed by atoms with Crippen LogP contribution in [0.15, 0.2) is 35.3 Å². The number of aromatic nitrogens is 2. The molecule has 0 aliphatic carbocycles. The maximum atomic E-state index is 11.8. The first-order valence-corrected chi connectivity index (χ1v) is 6.32. The lowest BCUT2D eigenvalue weighted by Crippen LogP contribution is -2.25. The lowest BCUT2D eigenvalue weighted by Gasteiger charge is -2.09. The van der Waals surface area contributed by atoms with Crippen molar-refractivity contribution in [3.05, 3.63) is 40.8 Å². The van der Waals surface area contributed by atoms with Crippen molar-refractivity contribution in [1.82, 2.24) is 9.55 Å². The van der Waals surface area contributed by atoms with Crippen LogP contribution in [0.1, 0.15) is 19.8 Å². The van der Waals surface area contributed by atoms with E-state index in [9.17, 15) is 9.59 Å². The van der Waals surface area contributed by atoms with E-state index in [2.05, 4.69) is 4.98 Å². The summed E-state index contributed by atoms with van der Waals surface area (Å²) in [5.41, 5.74) is 1.03. The van der Waals surface area contributed by atoms with Crippen LogP contribution < -0.4 is 5.56 Å². The van der Waals surface area contributed by atoms with E-state index in [1.165, 1.54) is 10.8 Å². The molecule has 0 atom stereocenters. The number of carbonyl (C=O) groups excluding carboxylic acids is 1. The minimum atomic E-state index is -0.396. The van der Waals surface area contributed by atoms with E-state index in [-0.39, 0.29) is 12.1 Å². The third kappa shape index (κ3) is 3.19. The summed E-state index contributed by atoms with van der Waals surface area (Å²) in [5, 5.41) is 0. The number of ether oxygens (including phenoxy) is 1. The Morgan fingerprint density at radius 3 is 2.95 bits per heavy atom. The molecular weight excluding hydrogens is 244 g/mol. The molecule has 1 aromatic heterocycles. The predicted molar refractivity (Wildman–Crippen MR) is 71.9 cm³/mol. The molecule has 5 heteroatoms. The van der Waals surface area contributed by atoms with Gasteiger partial charge in [-0.25, -0.2) is 4.98 Å². The molecule has 5 nitrogen and oxygen atoms in total. The summed E-state index contributed by atoms with van der Waals surface area (Å²) < 4.78 is 6.46. The Hall–Kier alpha value is -2.17. The van der Waals surface area contributed by atoms with Crippen molar-refractivity contribution in [3.8, 4) is 0 Å². The van der Waals surface area contributed by atoms with Crippen molar-refractivity contribution in [2.24, 2.45) is 0 Å². The van der Waals surface area contributed by atoms with Crippen molar-refractivity contribution in [1.29, 1.82) is 0 Å². The second-order valence-electron chi connectivity index (χ2n) is 4.25. The molecule has 19 heavy (non-hydrogen) atoms. The average Bonchev–Trinajstić information content (AvgIpc) is 2.42. The van der Waals surface area contributed by atoms with E-state index in [4.69, 9.17) is 4.74 Å². The highest BCUT2D eigenvalue weighted by atomic mass is 16.5. The summed E-state index contributed by atoms with van der Waals surface area (Å²) in [6, 6.07) is 7.21. The summed E-state index contributed by atoms with van der Waals surface area (Å²) in [7, 11) is 0.